The molecule has 0 aliphatic rings. The fraction of sp³-hybridized carbons (Fsp3) is 0.222. The number of aromatic nitrogens is 3. The number of rotatable bonds is 1. The minimum atomic E-state index is -0.216. The number of carbonyl (C=O) groups is 1. The third kappa shape index (κ3) is 1.61. The van der Waals surface area contributed by atoms with Gasteiger partial charge in [0.25, 0.3) is 5.91 Å². The summed E-state index contributed by atoms with van der Waals surface area (Å²) in [6.07, 6.45) is 1.68. The summed E-state index contributed by atoms with van der Waals surface area (Å²) < 4.78 is 2.51. The molecule has 2 rings (SSSR count). The number of hydrogen-bond donors (Lipinski definition) is 1. The maximum absolute atomic E-state index is 11.5. The fourth-order valence-electron chi connectivity index (χ4n) is 1.37. The number of aryl methyl sites for hydroxylation is 1. The Bertz CT molecular complexity index is 534. The highest BCUT2D eigenvalue weighted by atomic mass is 79.9. The molecule has 2 heterocycles. The van der Waals surface area contributed by atoms with Gasteiger partial charge in [-0.25, -0.2) is 9.97 Å². The number of halogens is 1. The second-order valence-electron chi connectivity index (χ2n) is 3.07. The summed E-state index contributed by atoms with van der Waals surface area (Å²) >= 11 is 3.31. The molecule has 0 aromatic carbocycles. The summed E-state index contributed by atoms with van der Waals surface area (Å²) in [5.74, 6) is 0.143. The number of nitrogens with zero attached hydrogens (tertiary/aromatic N) is 3. The lowest BCUT2D eigenvalue weighted by molar-refractivity contribution is 0.0950. The van der Waals surface area contributed by atoms with Crippen LogP contribution in [-0.2, 0) is 7.05 Å². The second kappa shape index (κ2) is 3.62. The van der Waals surface area contributed by atoms with Crippen LogP contribution in [0.25, 0.3) is 11.2 Å². The van der Waals surface area contributed by atoms with Gasteiger partial charge in [0.1, 0.15) is 5.52 Å². The van der Waals surface area contributed by atoms with Crippen molar-refractivity contribution in [3.8, 4) is 0 Å². The van der Waals surface area contributed by atoms with E-state index >= 15 is 0 Å². The average Bonchev–Trinajstić information content (AvgIpc) is 2.54. The van der Waals surface area contributed by atoms with Gasteiger partial charge < -0.3 is 9.88 Å². The molecule has 0 saturated carbocycles. The molecule has 5 nitrogen and oxygen atoms in total. The van der Waals surface area contributed by atoms with Gasteiger partial charge in [0.2, 0.25) is 5.82 Å². The van der Waals surface area contributed by atoms with Crippen LogP contribution in [0, 0.1) is 0 Å². The van der Waals surface area contributed by atoms with Crippen molar-refractivity contribution in [2.75, 3.05) is 7.05 Å². The molecule has 0 bridgehead atoms. The van der Waals surface area contributed by atoms with Crippen molar-refractivity contribution >= 4 is 33.0 Å². The highest BCUT2D eigenvalue weighted by Gasteiger charge is 2.14. The zero-order chi connectivity index (χ0) is 11.0. The van der Waals surface area contributed by atoms with Crippen LogP contribution in [0.15, 0.2) is 16.7 Å². The van der Waals surface area contributed by atoms with Gasteiger partial charge in [-0.1, -0.05) is 0 Å². The van der Waals surface area contributed by atoms with Gasteiger partial charge in [-0.3, -0.25) is 4.79 Å². The molecule has 0 aliphatic carbocycles. The molecule has 6 heteroatoms. The van der Waals surface area contributed by atoms with E-state index in [1.807, 2.05) is 6.07 Å². The van der Waals surface area contributed by atoms with Gasteiger partial charge in [-0.15, -0.1) is 0 Å². The zero-order valence-corrected chi connectivity index (χ0v) is 9.87. The number of fused-ring (bicyclic) bond motifs is 1. The third-order valence-electron chi connectivity index (χ3n) is 2.11. The first kappa shape index (κ1) is 10.1. The van der Waals surface area contributed by atoms with Crippen LogP contribution in [0.2, 0.25) is 0 Å². The topological polar surface area (TPSA) is 59.8 Å². The van der Waals surface area contributed by atoms with E-state index in [1.54, 1.807) is 24.9 Å². The Labute approximate surface area is 94.6 Å². The molecule has 15 heavy (non-hydrogen) atoms. The summed E-state index contributed by atoms with van der Waals surface area (Å²) in [6, 6.07) is 1.83. The van der Waals surface area contributed by atoms with Crippen molar-refractivity contribution in [1.29, 1.82) is 0 Å². The molecule has 0 unspecified atom stereocenters. The van der Waals surface area contributed by atoms with Gasteiger partial charge in [0.05, 0.1) is 0 Å². The standard InChI is InChI=1S/C9H9BrN4O/c1-11-9(15)8-13-6-3-5(10)4-12-7(6)14(8)2/h3-4H,1-2H3,(H,11,15). The van der Waals surface area contributed by atoms with Crippen LogP contribution >= 0.6 is 15.9 Å². The van der Waals surface area contributed by atoms with E-state index in [4.69, 9.17) is 0 Å². The predicted octanol–water partition coefficient (Wildman–Crippen LogP) is 1.09. The molecule has 1 N–H and O–H groups in total. The first-order chi connectivity index (χ1) is 7.13. The molecule has 0 aliphatic heterocycles. The van der Waals surface area contributed by atoms with Crippen molar-refractivity contribution in [3.05, 3.63) is 22.6 Å². The van der Waals surface area contributed by atoms with Gasteiger partial charge >= 0.3 is 0 Å². The molecule has 1 amide bonds. The minimum absolute atomic E-state index is 0.216. The zero-order valence-electron chi connectivity index (χ0n) is 8.28. The second-order valence-corrected chi connectivity index (χ2v) is 3.99. The normalized spacial score (nSPS) is 10.6. The molecule has 0 fully saturated rings. The van der Waals surface area contributed by atoms with E-state index in [0.717, 1.165) is 4.47 Å². The van der Waals surface area contributed by atoms with E-state index in [1.165, 1.54) is 0 Å². The molecule has 2 aromatic heterocycles. The largest absolute Gasteiger partial charge is 0.352 e. The van der Waals surface area contributed by atoms with Crippen LogP contribution in [0.1, 0.15) is 10.6 Å². The summed E-state index contributed by atoms with van der Waals surface area (Å²) in [5.41, 5.74) is 1.39. The molecular weight excluding hydrogens is 260 g/mol. The molecular formula is C9H9BrN4O. The van der Waals surface area contributed by atoms with E-state index in [2.05, 4.69) is 31.2 Å². The molecule has 0 radical (unpaired) electrons. The minimum Gasteiger partial charge on any atom is -0.352 e. The van der Waals surface area contributed by atoms with Gasteiger partial charge in [0, 0.05) is 24.8 Å². The van der Waals surface area contributed by atoms with Gasteiger partial charge in [0.15, 0.2) is 5.65 Å². The number of amides is 1. The van der Waals surface area contributed by atoms with Crippen LogP contribution < -0.4 is 5.32 Å². The summed E-state index contributed by atoms with van der Waals surface area (Å²) in [6.45, 7) is 0. The maximum Gasteiger partial charge on any atom is 0.287 e. The van der Waals surface area contributed by atoms with E-state index in [0.29, 0.717) is 17.0 Å². The number of carbonyl (C=O) groups excluding carboxylic acids is 1. The Morgan fingerprint density at radius 2 is 2.33 bits per heavy atom. The van der Waals surface area contributed by atoms with Crippen molar-refractivity contribution in [2.45, 2.75) is 0 Å². The molecule has 0 atom stereocenters. The Hall–Kier alpha value is -1.43. The molecule has 0 saturated heterocycles. The number of pyridine rings is 1. The first-order valence-electron chi connectivity index (χ1n) is 4.33. The molecule has 0 spiro atoms. The summed E-state index contributed by atoms with van der Waals surface area (Å²) in [5, 5.41) is 2.54. The van der Waals surface area contributed by atoms with Crippen molar-refractivity contribution in [1.82, 2.24) is 19.9 Å². The summed E-state index contributed by atoms with van der Waals surface area (Å²) in [7, 11) is 3.34. The lowest BCUT2D eigenvalue weighted by Crippen LogP contribution is -2.21. The third-order valence-corrected chi connectivity index (χ3v) is 2.54. The molecule has 2 aromatic rings. The fourth-order valence-corrected chi connectivity index (χ4v) is 1.69. The maximum atomic E-state index is 11.5. The quantitative estimate of drug-likeness (QED) is 0.843. The summed E-state index contributed by atoms with van der Waals surface area (Å²) in [4.78, 5) is 19.8. The van der Waals surface area contributed by atoms with E-state index in [9.17, 15) is 4.79 Å². The average molecular weight is 269 g/mol. The monoisotopic (exact) mass is 268 g/mol. The van der Waals surface area contributed by atoms with Gasteiger partial charge in [-0.05, 0) is 22.0 Å². The van der Waals surface area contributed by atoms with Gasteiger partial charge in [-0.2, -0.15) is 0 Å². The lowest BCUT2D eigenvalue weighted by atomic mass is 10.4. The highest BCUT2D eigenvalue weighted by molar-refractivity contribution is 9.10. The Kier molecular flexibility index (Phi) is 2.44. The lowest BCUT2D eigenvalue weighted by Gasteiger charge is -1.98. The van der Waals surface area contributed by atoms with Crippen molar-refractivity contribution < 1.29 is 4.79 Å². The van der Waals surface area contributed by atoms with E-state index in [-0.39, 0.29) is 5.91 Å². The van der Waals surface area contributed by atoms with Crippen molar-refractivity contribution in [2.24, 2.45) is 7.05 Å². The molecule has 78 valence electrons. The smallest absolute Gasteiger partial charge is 0.287 e. The van der Waals surface area contributed by atoms with E-state index < -0.39 is 0 Å². The van der Waals surface area contributed by atoms with Crippen LogP contribution in [0.4, 0.5) is 0 Å². The highest BCUT2D eigenvalue weighted by Crippen LogP contribution is 2.17. The Morgan fingerprint density at radius 3 is 3.00 bits per heavy atom. The SMILES string of the molecule is CNC(=O)c1nc2cc(Br)cnc2n1C. The van der Waals surface area contributed by atoms with Crippen LogP contribution in [0.3, 0.4) is 0 Å². The number of imidazole rings is 1. The van der Waals surface area contributed by atoms with Crippen LogP contribution in [0.5, 0.6) is 0 Å². The number of nitrogens with one attached hydrogen (secondary N) is 1. The Morgan fingerprint density at radius 1 is 1.60 bits per heavy atom. The predicted molar refractivity (Wildman–Crippen MR) is 59.6 cm³/mol. The van der Waals surface area contributed by atoms with Crippen LogP contribution in [-0.4, -0.2) is 27.5 Å². The van der Waals surface area contributed by atoms with Crippen molar-refractivity contribution in [3.63, 3.8) is 0 Å². The first-order valence-corrected chi connectivity index (χ1v) is 5.13. The Balaban J connectivity index is 2.69. The number of hydrogen-bond acceptors (Lipinski definition) is 3.